The van der Waals surface area contributed by atoms with Gasteiger partial charge >= 0.3 is 0 Å². The average Bonchev–Trinajstić information content (AvgIpc) is 2.64. The Kier molecular flexibility index (Phi) is 8.08. The van der Waals surface area contributed by atoms with Gasteiger partial charge in [-0.25, -0.2) is 0 Å². The molecule has 0 spiro atoms. The lowest BCUT2D eigenvalue weighted by atomic mass is 10.2. The van der Waals surface area contributed by atoms with Crippen molar-refractivity contribution in [2.45, 2.75) is 13.3 Å². The standard InChI is InChI=1S/C18H30N4OS/c1-4-19-18(20-10-7-15-24-3)22-13-11-21(12-14-22)16-8-5-6-9-17(16)23-2/h5-6,8-9H,4,7,10-15H2,1-3H3,(H,19,20). The van der Waals surface area contributed by atoms with Crippen LogP contribution in [0.4, 0.5) is 5.69 Å². The predicted molar refractivity (Wildman–Crippen MR) is 106 cm³/mol. The second-order valence-electron chi connectivity index (χ2n) is 5.73. The normalized spacial score (nSPS) is 15.5. The fourth-order valence-corrected chi connectivity index (χ4v) is 3.29. The largest absolute Gasteiger partial charge is 0.495 e. The van der Waals surface area contributed by atoms with E-state index in [4.69, 9.17) is 9.73 Å². The zero-order valence-corrected chi connectivity index (χ0v) is 15.9. The SMILES string of the molecule is CCNC(=NCCCSC)N1CCN(c2ccccc2OC)CC1. The smallest absolute Gasteiger partial charge is 0.194 e. The van der Waals surface area contributed by atoms with Gasteiger partial charge in [0.2, 0.25) is 0 Å². The molecular formula is C18H30N4OS. The second kappa shape index (κ2) is 10.3. The van der Waals surface area contributed by atoms with E-state index < -0.39 is 0 Å². The van der Waals surface area contributed by atoms with E-state index in [0.29, 0.717) is 0 Å². The lowest BCUT2D eigenvalue weighted by molar-refractivity contribution is 0.367. The number of ether oxygens (including phenoxy) is 1. The quantitative estimate of drug-likeness (QED) is 0.465. The van der Waals surface area contributed by atoms with Crippen LogP contribution in [-0.4, -0.2) is 69.2 Å². The summed E-state index contributed by atoms with van der Waals surface area (Å²) in [6.45, 7) is 7.86. The van der Waals surface area contributed by atoms with Crippen LogP contribution < -0.4 is 15.0 Å². The molecule has 0 atom stereocenters. The monoisotopic (exact) mass is 350 g/mol. The molecule has 24 heavy (non-hydrogen) atoms. The van der Waals surface area contributed by atoms with Crippen molar-refractivity contribution < 1.29 is 4.74 Å². The highest BCUT2D eigenvalue weighted by Gasteiger charge is 2.21. The summed E-state index contributed by atoms with van der Waals surface area (Å²) in [6, 6.07) is 8.25. The number of piperazine rings is 1. The van der Waals surface area contributed by atoms with Gasteiger partial charge in [0.05, 0.1) is 12.8 Å². The molecule has 0 unspecified atom stereocenters. The Labute approximate surface area is 150 Å². The molecule has 1 fully saturated rings. The molecule has 5 nitrogen and oxygen atoms in total. The Morgan fingerprint density at radius 1 is 1.25 bits per heavy atom. The molecular weight excluding hydrogens is 320 g/mol. The first kappa shape index (κ1) is 18.8. The van der Waals surface area contributed by atoms with Crippen molar-refractivity contribution in [3.05, 3.63) is 24.3 Å². The molecule has 2 rings (SSSR count). The topological polar surface area (TPSA) is 40.1 Å². The van der Waals surface area contributed by atoms with Crippen molar-refractivity contribution >= 4 is 23.4 Å². The van der Waals surface area contributed by atoms with E-state index in [1.165, 1.54) is 11.4 Å². The first-order chi connectivity index (χ1) is 11.8. The summed E-state index contributed by atoms with van der Waals surface area (Å²) in [6.07, 6.45) is 3.28. The Bertz CT molecular complexity index is 515. The van der Waals surface area contributed by atoms with Gasteiger partial charge in [-0.1, -0.05) is 12.1 Å². The molecule has 0 amide bonds. The Morgan fingerprint density at radius 2 is 2.00 bits per heavy atom. The third-order valence-electron chi connectivity index (χ3n) is 4.11. The molecule has 0 aliphatic carbocycles. The van der Waals surface area contributed by atoms with Crippen LogP contribution in [0.25, 0.3) is 0 Å². The van der Waals surface area contributed by atoms with E-state index in [-0.39, 0.29) is 0 Å². The predicted octanol–water partition coefficient (Wildman–Crippen LogP) is 2.54. The molecule has 0 bridgehead atoms. The van der Waals surface area contributed by atoms with Gasteiger partial charge in [0, 0.05) is 39.3 Å². The maximum atomic E-state index is 5.49. The fourth-order valence-electron chi connectivity index (χ4n) is 2.87. The zero-order chi connectivity index (χ0) is 17.2. The van der Waals surface area contributed by atoms with Gasteiger partial charge in [-0.3, -0.25) is 4.99 Å². The molecule has 6 heteroatoms. The molecule has 134 valence electrons. The minimum Gasteiger partial charge on any atom is -0.495 e. The number of nitrogens with zero attached hydrogens (tertiary/aromatic N) is 3. The van der Waals surface area contributed by atoms with Gasteiger partial charge in [0.25, 0.3) is 0 Å². The molecule has 1 aliphatic rings. The van der Waals surface area contributed by atoms with E-state index in [2.05, 4.69) is 40.4 Å². The van der Waals surface area contributed by atoms with Gasteiger partial charge < -0.3 is 19.9 Å². The van der Waals surface area contributed by atoms with Crippen molar-refractivity contribution in [2.24, 2.45) is 4.99 Å². The third kappa shape index (κ3) is 5.23. The number of nitrogens with one attached hydrogen (secondary N) is 1. The number of thioether (sulfide) groups is 1. The minimum absolute atomic E-state index is 0.899. The molecule has 1 heterocycles. The van der Waals surface area contributed by atoms with Crippen LogP contribution in [0.1, 0.15) is 13.3 Å². The van der Waals surface area contributed by atoms with Gasteiger partial charge in [-0.2, -0.15) is 11.8 Å². The van der Waals surface area contributed by atoms with E-state index in [9.17, 15) is 0 Å². The Morgan fingerprint density at radius 3 is 2.67 bits per heavy atom. The number of anilines is 1. The van der Waals surface area contributed by atoms with Crippen molar-refractivity contribution in [1.29, 1.82) is 0 Å². The maximum absolute atomic E-state index is 5.49. The number of benzene rings is 1. The molecule has 1 aromatic carbocycles. The summed E-state index contributed by atoms with van der Waals surface area (Å²) < 4.78 is 5.49. The second-order valence-corrected chi connectivity index (χ2v) is 6.71. The number of aliphatic imine (C=N–C) groups is 1. The molecule has 0 saturated carbocycles. The lowest BCUT2D eigenvalue weighted by Gasteiger charge is -2.38. The van der Waals surface area contributed by atoms with Gasteiger partial charge in [0.1, 0.15) is 5.75 Å². The van der Waals surface area contributed by atoms with E-state index in [1.807, 2.05) is 23.9 Å². The Hall–Kier alpha value is -1.56. The Balaban J connectivity index is 1.94. The fraction of sp³-hybridized carbons (Fsp3) is 0.611. The van der Waals surface area contributed by atoms with Crippen molar-refractivity contribution in [2.75, 3.05) is 63.3 Å². The summed E-state index contributed by atoms with van der Waals surface area (Å²) in [7, 11) is 1.74. The first-order valence-corrected chi connectivity index (χ1v) is 10.1. The van der Waals surface area contributed by atoms with Crippen LogP contribution in [0.3, 0.4) is 0 Å². The number of para-hydroxylation sites is 2. The van der Waals surface area contributed by atoms with E-state index in [1.54, 1.807) is 7.11 Å². The third-order valence-corrected chi connectivity index (χ3v) is 4.81. The van der Waals surface area contributed by atoms with Crippen LogP contribution in [0.5, 0.6) is 5.75 Å². The number of hydrogen-bond donors (Lipinski definition) is 1. The van der Waals surface area contributed by atoms with Crippen LogP contribution in [0, 0.1) is 0 Å². The number of hydrogen-bond acceptors (Lipinski definition) is 4. The number of methoxy groups -OCH3 is 1. The highest BCUT2D eigenvalue weighted by Crippen LogP contribution is 2.28. The number of guanidine groups is 1. The molecule has 1 N–H and O–H groups in total. The molecule has 1 saturated heterocycles. The van der Waals surface area contributed by atoms with Crippen LogP contribution in [0.15, 0.2) is 29.3 Å². The average molecular weight is 351 g/mol. The molecule has 0 aromatic heterocycles. The van der Waals surface area contributed by atoms with Gasteiger partial charge in [0.15, 0.2) is 5.96 Å². The minimum atomic E-state index is 0.899. The summed E-state index contributed by atoms with van der Waals surface area (Å²) >= 11 is 1.88. The summed E-state index contributed by atoms with van der Waals surface area (Å²) in [5.41, 5.74) is 1.18. The van der Waals surface area contributed by atoms with Gasteiger partial charge in [-0.15, -0.1) is 0 Å². The maximum Gasteiger partial charge on any atom is 0.194 e. The summed E-state index contributed by atoms with van der Waals surface area (Å²) in [5, 5.41) is 3.43. The first-order valence-electron chi connectivity index (χ1n) is 8.70. The van der Waals surface area contributed by atoms with E-state index >= 15 is 0 Å². The van der Waals surface area contributed by atoms with Crippen molar-refractivity contribution in [1.82, 2.24) is 10.2 Å². The zero-order valence-electron chi connectivity index (χ0n) is 15.1. The molecule has 0 radical (unpaired) electrons. The summed E-state index contributed by atoms with van der Waals surface area (Å²) in [4.78, 5) is 9.55. The van der Waals surface area contributed by atoms with Gasteiger partial charge in [-0.05, 0) is 37.5 Å². The molecule has 1 aromatic rings. The van der Waals surface area contributed by atoms with Crippen molar-refractivity contribution in [3.63, 3.8) is 0 Å². The van der Waals surface area contributed by atoms with Crippen molar-refractivity contribution in [3.8, 4) is 5.75 Å². The summed E-state index contributed by atoms with van der Waals surface area (Å²) in [5.74, 6) is 3.17. The van der Waals surface area contributed by atoms with E-state index in [0.717, 1.165) is 57.4 Å². The molecule has 1 aliphatic heterocycles. The number of rotatable bonds is 7. The highest BCUT2D eigenvalue weighted by molar-refractivity contribution is 7.98. The van der Waals surface area contributed by atoms with Crippen LogP contribution in [0.2, 0.25) is 0 Å². The highest BCUT2D eigenvalue weighted by atomic mass is 32.2. The van der Waals surface area contributed by atoms with Crippen LogP contribution >= 0.6 is 11.8 Å². The lowest BCUT2D eigenvalue weighted by Crippen LogP contribution is -2.52. The van der Waals surface area contributed by atoms with Crippen LogP contribution in [-0.2, 0) is 0 Å².